The zero-order chi connectivity index (χ0) is 33.1. The van der Waals surface area contributed by atoms with Crippen LogP contribution < -0.4 is 0 Å². The standard InChI is InChI=1S/C36H60O9/c1-31(2)16-20-19-8-9-23-33(5)12-11-24(38)32(3,4)22(33)10-13-35(23,7)34(19,6)14-15-36(20,29(43)28(31)42)18-44-30-27(41)26(40)25(39)21(17-37)45-30/h8,20-30,37-43H,9-18H2,1-7H3/t20-,21+,22-,23+,24-,25+,26-,27+,28-,29-,30+,33-,34+,35+,36-/m0/s1. The maximum Gasteiger partial charge on any atom is 0.186 e. The molecule has 9 heteroatoms. The third-order valence-corrected chi connectivity index (χ3v) is 15.4. The molecule has 0 bridgehead atoms. The van der Waals surface area contributed by atoms with Gasteiger partial charge in [0, 0.05) is 5.41 Å². The number of hydrogen-bond acceptors (Lipinski definition) is 9. The normalized spacial score (nSPS) is 55.4. The SMILES string of the molecule is CC1(C)C[C@H]2C3=CC[C@@H]4[C@@]5(C)CC[C@H](O)C(C)(C)[C@@H]5CC[C@@]4(C)[C@]3(C)CC[C@@]2(CO[C@@H]2O[C@H](CO)[C@@H](O)[C@H](O)[C@H]2O)[C@@H](O)[C@@H]1O. The van der Waals surface area contributed by atoms with Crippen LogP contribution in [0.2, 0.25) is 0 Å². The summed E-state index contributed by atoms with van der Waals surface area (Å²) in [6, 6.07) is 0. The van der Waals surface area contributed by atoms with E-state index in [-0.39, 0.29) is 40.3 Å². The average Bonchev–Trinajstić information content (AvgIpc) is 2.97. The van der Waals surface area contributed by atoms with E-state index in [1.54, 1.807) is 0 Å². The minimum absolute atomic E-state index is 0.00586. The summed E-state index contributed by atoms with van der Waals surface area (Å²) < 4.78 is 11.9. The van der Waals surface area contributed by atoms with E-state index in [9.17, 15) is 35.7 Å². The molecule has 6 rings (SSSR count). The van der Waals surface area contributed by atoms with Crippen LogP contribution in [-0.4, -0.2) is 98.0 Å². The van der Waals surface area contributed by atoms with Gasteiger partial charge in [0.05, 0.1) is 31.5 Å². The van der Waals surface area contributed by atoms with E-state index in [1.807, 2.05) is 13.8 Å². The average molecular weight is 637 g/mol. The molecule has 9 nitrogen and oxygen atoms in total. The minimum atomic E-state index is -1.55. The summed E-state index contributed by atoms with van der Waals surface area (Å²) in [5, 5.41) is 75.6. The lowest BCUT2D eigenvalue weighted by Gasteiger charge is -2.72. The summed E-state index contributed by atoms with van der Waals surface area (Å²) in [6.07, 6.45) is 0.249. The molecule has 1 aliphatic heterocycles. The Morgan fingerprint density at radius 2 is 1.49 bits per heavy atom. The van der Waals surface area contributed by atoms with Crippen LogP contribution in [0.3, 0.4) is 0 Å². The molecule has 5 aliphatic carbocycles. The van der Waals surface area contributed by atoms with Crippen molar-refractivity contribution in [2.45, 2.75) is 149 Å². The Bertz CT molecular complexity index is 1170. The molecule has 1 saturated heterocycles. The number of hydrogen-bond donors (Lipinski definition) is 7. The Hall–Kier alpha value is -0.620. The second-order valence-electron chi connectivity index (χ2n) is 18.0. The molecule has 0 aromatic heterocycles. The maximum absolute atomic E-state index is 12.0. The van der Waals surface area contributed by atoms with E-state index < -0.39 is 60.4 Å². The third-order valence-electron chi connectivity index (χ3n) is 15.4. The van der Waals surface area contributed by atoms with E-state index in [4.69, 9.17) is 9.47 Å². The molecule has 0 aromatic rings. The summed E-state index contributed by atoms with van der Waals surface area (Å²) in [6.45, 7) is 15.4. The van der Waals surface area contributed by atoms with Crippen LogP contribution in [0.4, 0.5) is 0 Å². The molecule has 0 aromatic carbocycles. The first-order chi connectivity index (χ1) is 20.8. The highest BCUT2D eigenvalue weighted by Crippen LogP contribution is 2.75. The van der Waals surface area contributed by atoms with Crippen LogP contribution in [-0.2, 0) is 9.47 Å². The van der Waals surface area contributed by atoms with Crippen LogP contribution >= 0.6 is 0 Å². The third kappa shape index (κ3) is 4.58. The highest BCUT2D eigenvalue weighted by atomic mass is 16.7. The van der Waals surface area contributed by atoms with Gasteiger partial charge in [-0.2, -0.15) is 0 Å². The van der Waals surface area contributed by atoms with Crippen LogP contribution in [0.1, 0.15) is 99.8 Å². The van der Waals surface area contributed by atoms with E-state index in [0.717, 1.165) is 38.5 Å². The number of aliphatic hydroxyl groups excluding tert-OH is 7. The van der Waals surface area contributed by atoms with Gasteiger partial charge in [0.15, 0.2) is 6.29 Å². The van der Waals surface area contributed by atoms with Crippen molar-refractivity contribution in [3.05, 3.63) is 11.6 Å². The minimum Gasteiger partial charge on any atom is -0.394 e. The van der Waals surface area contributed by atoms with Crippen LogP contribution in [0, 0.1) is 50.2 Å². The lowest BCUT2D eigenvalue weighted by molar-refractivity contribution is -0.317. The smallest absolute Gasteiger partial charge is 0.186 e. The molecule has 0 amide bonds. The van der Waals surface area contributed by atoms with Gasteiger partial charge in [-0.25, -0.2) is 0 Å². The van der Waals surface area contributed by atoms with Crippen molar-refractivity contribution >= 4 is 0 Å². The molecule has 7 N–H and O–H groups in total. The van der Waals surface area contributed by atoms with Crippen molar-refractivity contribution in [1.29, 1.82) is 0 Å². The second-order valence-corrected chi connectivity index (χ2v) is 18.0. The Morgan fingerprint density at radius 1 is 0.800 bits per heavy atom. The molecular formula is C36H60O9. The Morgan fingerprint density at radius 3 is 2.16 bits per heavy atom. The summed E-state index contributed by atoms with van der Waals surface area (Å²) in [5.41, 5.74) is -0.156. The van der Waals surface area contributed by atoms with E-state index in [1.165, 1.54) is 5.57 Å². The fourth-order valence-electron chi connectivity index (χ4n) is 12.2. The first-order valence-corrected chi connectivity index (χ1v) is 17.5. The molecule has 5 fully saturated rings. The van der Waals surface area contributed by atoms with Crippen LogP contribution in [0.25, 0.3) is 0 Å². The molecule has 1 heterocycles. The van der Waals surface area contributed by atoms with Gasteiger partial charge in [-0.3, -0.25) is 0 Å². The van der Waals surface area contributed by atoms with E-state index in [0.29, 0.717) is 24.7 Å². The summed E-state index contributed by atoms with van der Waals surface area (Å²) >= 11 is 0. The molecule has 258 valence electrons. The van der Waals surface area contributed by atoms with Crippen molar-refractivity contribution in [3.63, 3.8) is 0 Å². The van der Waals surface area contributed by atoms with Crippen molar-refractivity contribution in [2.24, 2.45) is 50.2 Å². The number of rotatable bonds is 4. The Labute approximate surface area is 269 Å². The molecule has 45 heavy (non-hydrogen) atoms. The molecule has 0 radical (unpaired) electrons. The molecular weight excluding hydrogens is 576 g/mol. The zero-order valence-electron chi connectivity index (χ0n) is 28.4. The van der Waals surface area contributed by atoms with Gasteiger partial charge in [0.25, 0.3) is 0 Å². The van der Waals surface area contributed by atoms with E-state index >= 15 is 0 Å². The molecule has 0 unspecified atom stereocenters. The lowest BCUT2D eigenvalue weighted by atomic mass is 9.33. The highest BCUT2D eigenvalue weighted by Gasteiger charge is 2.70. The van der Waals surface area contributed by atoms with Crippen LogP contribution in [0.15, 0.2) is 11.6 Å². The Balaban J connectivity index is 1.36. The van der Waals surface area contributed by atoms with Gasteiger partial charge in [0.1, 0.15) is 24.4 Å². The first kappa shape index (κ1) is 34.3. The van der Waals surface area contributed by atoms with Gasteiger partial charge in [-0.1, -0.05) is 60.1 Å². The quantitative estimate of drug-likeness (QED) is 0.230. The number of fused-ring (bicyclic) bond motifs is 7. The van der Waals surface area contributed by atoms with Crippen molar-refractivity contribution < 1.29 is 45.2 Å². The summed E-state index contributed by atoms with van der Waals surface area (Å²) in [5.74, 6) is 0.835. The van der Waals surface area contributed by atoms with Crippen molar-refractivity contribution in [2.75, 3.05) is 13.2 Å². The maximum atomic E-state index is 12.0. The molecule has 4 saturated carbocycles. The van der Waals surface area contributed by atoms with Crippen molar-refractivity contribution in [1.82, 2.24) is 0 Å². The zero-order valence-corrected chi connectivity index (χ0v) is 28.4. The molecule has 0 spiro atoms. The molecule has 6 aliphatic rings. The highest BCUT2D eigenvalue weighted by molar-refractivity contribution is 5.35. The number of allylic oxidation sites excluding steroid dienone is 2. The monoisotopic (exact) mass is 636 g/mol. The van der Waals surface area contributed by atoms with Crippen LogP contribution in [0.5, 0.6) is 0 Å². The predicted octanol–water partition coefficient (Wildman–Crippen LogP) is 2.91. The molecule has 15 atom stereocenters. The fourth-order valence-corrected chi connectivity index (χ4v) is 12.2. The van der Waals surface area contributed by atoms with E-state index in [2.05, 4.69) is 40.7 Å². The summed E-state index contributed by atoms with van der Waals surface area (Å²) in [7, 11) is 0. The topological polar surface area (TPSA) is 160 Å². The first-order valence-electron chi connectivity index (χ1n) is 17.5. The van der Waals surface area contributed by atoms with Gasteiger partial charge in [-0.05, 0) is 96.2 Å². The van der Waals surface area contributed by atoms with Crippen molar-refractivity contribution in [3.8, 4) is 0 Å². The Kier molecular flexibility index (Phi) is 8.33. The number of aliphatic hydroxyl groups is 7. The van der Waals surface area contributed by atoms with Gasteiger partial charge in [0.2, 0.25) is 0 Å². The second kappa shape index (κ2) is 10.9. The summed E-state index contributed by atoms with van der Waals surface area (Å²) in [4.78, 5) is 0. The largest absolute Gasteiger partial charge is 0.394 e. The number of ether oxygens (including phenoxy) is 2. The predicted molar refractivity (Wildman–Crippen MR) is 168 cm³/mol. The van der Waals surface area contributed by atoms with Gasteiger partial charge in [-0.15, -0.1) is 0 Å². The fraction of sp³-hybridized carbons (Fsp3) is 0.944. The van der Waals surface area contributed by atoms with Gasteiger partial charge < -0.3 is 45.2 Å². The van der Waals surface area contributed by atoms with Gasteiger partial charge >= 0.3 is 0 Å². The lowest BCUT2D eigenvalue weighted by Crippen LogP contribution is -2.68.